The van der Waals surface area contributed by atoms with Crippen molar-refractivity contribution >= 4 is 5.91 Å². The highest BCUT2D eigenvalue weighted by atomic mass is 16.3. The van der Waals surface area contributed by atoms with Gasteiger partial charge in [-0.05, 0) is 67.9 Å². The lowest BCUT2D eigenvalue weighted by Crippen LogP contribution is -2.23. The fourth-order valence-corrected chi connectivity index (χ4v) is 3.95. The standard InChI is InChI=1S/C26H33NO2/c1-18(7-6-8-19(2)17-25(27)29)9-14-24-20(3)23(15-16-26(24,4)5)21-10-12-22(28)13-11-21/h6-14,17,23,28H,15-16H2,1-5H3,(H2,27,29)/b8-6+,14-9+,18-7+,19-17+. The molecule has 1 aliphatic rings. The van der Waals surface area contributed by atoms with Crippen molar-refractivity contribution < 1.29 is 9.90 Å². The van der Waals surface area contributed by atoms with Crippen LogP contribution in [-0.2, 0) is 4.79 Å². The summed E-state index contributed by atoms with van der Waals surface area (Å²) >= 11 is 0. The summed E-state index contributed by atoms with van der Waals surface area (Å²) in [4.78, 5) is 10.9. The molecule has 1 unspecified atom stereocenters. The zero-order chi connectivity index (χ0) is 21.6. The molecule has 1 aromatic rings. The molecule has 0 saturated heterocycles. The molecule has 29 heavy (non-hydrogen) atoms. The minimum Gasteiger partial charge on any atom is -0.508 e. The quantitative estimate of drug-likeness (QED) is 0.454. The molecule has 154 valence electrons. The summed E-state index contributed by atoms with van der Waals surface area (Å²) < 4.78 is 0. The molecule has 0 radical (unpaired) electrons. The number of benzene rings is 1. The molecule has 1 aromatic carbocycles. The topological polar surface area (TPSA) is 63.3 Å². The predicted molar refractivity (Wildman–Crippen MR) is 122 cm³/mol. The first-order valence-corrected chi connectivity index (χ1v) is 10.1. The van der Waals surface area contributed by atoms with Crippen molar-refractivity contribution in [3.05, 3.63) is 88.6 Å². The molecule has 3 N–H and O–H groups in total. The van der Waals surface area contributed by atoms with E-state index in [1.807, 2.05) is 37.3 Å². The average Bonchev–Trinajstić information content (AvgIpc) is 2.61. The van der Waals surface area contributed by atoms with Crippen LogP contribution in [0.2, 0.25) is 0 Å². The van der Waals surface area contributed by atoms with E-state index in [9.17, 15) is 9.90 Å². The lowest BCUT2D eigenvalue weighted by atomic mass is 9.67. The van der Waals surface area contributed by atoms with Crippen LogP contribution >= 0.6 is 0 Å². The number of nitrogens with two attached hydrogens (primary N) is 1. The van der Waals surface area contributed by atoms with Crippen LogP contribution in [0.1, 0.15) is 58.9 Å². The van der Waals surface area contributed by atoms with E-state index in [1.165, 1.54) is 22.8 Å². The lowest BCUT2D eigenvalue weighted by Gasteiger charge is -2.37. The van der Waals surface area contributed by atoms with Gasteiger partial charge in [-0.3, -0.25) is 4.79 Å². The van der Waals surface area contributed by atoms with Crippen molar-refractivity contribution in [3.63, 3.8) is 0 Å². The number of phenols is 1. The van der Waals surface area contributed by atoms with Crippen LogP contribution in [0.3, 0.4) is 0 Å². The number of hydrogen-bond donors (Lipinski definition) is 2. The Morgan fingerprint density at radius 1 is 1.14 bits per heavy atom. The number of carbonyl (C=O) groups is 1. The summed E-state index contributed by atoms with van der Waals surface area (Å²) in [6.45, 7) is 10.8. The molecule has 0 aliphatic heterocycles. The molecule has 3 heteroatoms. The third-order valence-corrected chi connectivity index (χ3v) is 5.63. The van der Waals surface area contributed by atoms with Gasteiger partial charge in [0.15, 0.2) is 0 Å². The van der Waals surface area contributed by atoms with Crippen LogP contribution in [-0.4, -0.2) is 11.0 Å². The summed E-state index contributed by atoms with van der Waals surface area (Å²) in [6, 6.07) is 7.60. The second-order valence-corrected chi connectivity index (χ2v) is 8.56. The Balaban J connectivity index is 2.25. The zero-order valence-corrected chi connectivity index (χ0v) is 18.2. The molecule has 1 atom stereocenters. The normalized spacial score (nSPS) is 20.7. The van der Waals surface area contributed by atoms with Gasteiger partial charge in [-0.1, -0.05) is 67.5 Å². The molecule has 2 rings (SSSR count). The fraction of sp³-hybridized carbons (Fsp3) is 0.346. The van der Waals surface area contributed by atoms with E-state index in [0.717, 1.165) is 24.0 Å². The zero-order valence-electron chi connectivity index (χ0n) is 18.2. The monoisotopic (exact) mass is 391 g/mol. The minimum atomic E-state index is -0.433. The average molecular weight is 392 g/mol. The van der Waals surface area contributed by atoms with E-state index in [2.05, 4.69) is 39.8 Å². The Labute approximate surface area is 175 Å². The van der Waals surface area contributed by atoms with Gasteiger partial charge in [0.25, 0.3) is 0 Å². The van der Waals surface area contributed by atoms with Gasteiger partial charge >= 0.3 is 0 Å². The summed E-state index contributed by atoms with van der Waals surface area (Å²) in [6.07, 6.45) is 13.9. The Kier molecular flexibility index (Phi) is 7.44. The number of rotatable bonds is 6. The van der Waals surface area contributed by atoms with E-state index in [4.69, 9.17) is 5.73 Å². The fourth-order valence-electron chi connectivity index (χ4n) is 3.95. The predicted octanol–water partition coefficient (Wildman–Crippen LogP) is 6.10. The third kappa shape index (κ3) is 6.35. The van der Waals surface area contributed by atoms with Crippen molar-refractivity contribution in [2.75, 3.05) is 0 Å². The van der Waals surface area contributed by atoms with E-state index >= 15 is 0 Å². The van der Waals surface area contributed by atoms with Crippen LogP contribution in [0.25, 0.3) is 0 Å². The van der Waals surface area contributed by atoms with Crippen molar-refractivity contribution in [3.8, 4) is 5.75 Å². The van der Waals surface area contributed by atoms with Gasteiger partial charge in [0.1, 0.15) is 5.75 Å². The van der Waals surface area contributed by atoms with Gasteiger partial charge in [0.05, 0.1) is 0 Å². The molecule has 0 fully saturated rings. The molecular weight excluding hydrogens is 358 g/mol. The summed E-state index contributed by atoms with van der Waals surface area (Å²) in [7, 11) is 0. The maximum atomic E-state index is 10.9. The molecule has 3 nitrogen and oxygen atoms in total. The molecule has 1 aliphatic carbocycles. The first kappa shape index (κ1) is 22.5. The first-order valence-electron chi connectivity index (χ1n) is 10.1. The Morgan fingerprint density at radius 2 is 1.79 bits per heavy atom. The van der Waals surface area contributed by atoms with Gasteiger partial charge < -0.3 is 10.8 Å². The maximum Gasteiger partial charge on any atom is 0.241 e. The van der Waals surface area contributed by atoms with Crippen LogP contribution in [0.5, 0.6) is 5.75 Å². The molecular formula is C26H33NO2. The van der Waals surface area contributed by atoms with Crippen LogP contribution in [0, 0.1) is 5.41 Å². The molecule has 0 aromatic heterocycles. The second-order valence-electron chi connectivity index (χ2n) is 8.56. The minimum absolute atomic E-state index is 0.130. The highest BCUT2D eigenvalue weighted by molar-refractivity contribution is 5.86. The highest BCUT2D eigenvalue weighted by Gasteiger charge is 2.32. The van der Waals surface area contributed by atoms with Crippen LogP contribution in [0.4, 0.5) is 0 Å². The Morgan fingerprint density at radius 3 is 2.41 bits per heavy atom. The summed E-state index contributed by atoms with van der Waals surface area (Å²) in [5.74, 6) is 0.258. The van der Waals surface area contributed by atoms with Crippen molar-refractivity contribution in [1.82, 2.24) is 0 Å². The van der Waals surface area contributed by atoms with Gasteiger partial charge in [0, 0.05) is 12.0 Å². The number of aromatic hydroxyl groups is 1. The lowest BCUT2D eigenvalue weighted by molar-refractivity contribution is -0.113. The molecule has 0 saturated carbocycles. The van der Waals surface area contributed by atoms with Crippen LogP contribution < -0.4 is 5.73 Å². The Bertz CT molecular complexity index is 893. The molecule has 1 amide bonds. The smallest absolute Gasteiger partial charge is 0.241 e. The van der Waals surface area contributed by atoms with Crippen molar-refractivity contribution in [1.29, 1.82) is 0 Å². The summed E-state index contributed by atoms with van der Waals surface area (Å²) in [5.41, 5.74) is 11.3. The Hall–Kier alpha value is -2.81. The number of hydrogen-bond acceptors (Lipinski definition) is 2. The number of amides is 1. The van der Waals surface area contributed by atoms with Crippen molar-refractivity contribution in [2.24, 2.45) is 11.1 Å². The molecule has 0 heterocycles. The maximum absolute atomic E-state index is 10.9. The van der Waals surface area contributed by atoms with E-state index < -0.39 is 5.91 Å². The number of carbonyl (C=O) groups excluding carboxylic acids is 1. The first-order chi connectivity index (χ1) is 13.6. The van der Waals surface area contributed by atoms with Gasteiger partial charge in [-0.15, -0.1) is 0 Å². The number of allylic oxidation sites excluding steroid dienone is 9. The van der Waals surface area contributed by atoms with Gasteiger partial charge in [0.2, 0.25) is 5.91 Å². The van der Waals surface area contributed by atoms with E-state index in [1.54, 1.807) is 12.1 Å². The van der Waals surface area contributed by atoms with Crippen LogP contribution in [0.15, 0.2) is 83.0 Å². The number of primary amides is 1. The van der Waals surface area contributed by atoms with Gasteiger partial charge in [-0.25, -0.2) is 0 Å². The molecule has 0 bridgehead atoms. The second kappa shape index (κ2) is 9.60. The number of phenolic OH excluding ortho intramolecular Hbond substituents is 1. The molecule has 0 spiro atoms. The largest absolute Gasteiger partial charge is 0.508 e. The van der Waals surface area contributed by atoms with Gasteiger partial charge in [-0.2, -0.15) is 0 Å². The SMILES string of the molecule is CC1=C(/C=C/C(C)=C/C=C/C(C)=C/C(N)=O)C(C)(C)CCC1c1ccc(O)cc1. The van der Waals surface area contributed by atoms with Crippen molar-refractivity contribution in [2.45, 2.75) is 53.4 Å². The summed E-state index contributed by atoms with van der Waals surface area (Å²) in [5, 5.41) is 9.59. The van der Waals surface area contributed by atoms with E-state index in [-0.39, 0.29) is 5.41 Å². The third-order valence-electron chi connectivity index (χ3n) is 5.63. The van der Waals surface area contributed by atoms with E-state index in [0.29, 0.717) is 11.7 Å². The highest BCUT2D eigenvalue weighted by Crippen LogP contribution is 2.47.